The molecular formula is C15H19N3O2S. The molecule has 3 heterocycles. The van der Waals surface area contributed by atoms with Crippen molar-refractivity contribution in [2.75, 3.05) is 13.1 Å². The van der Waals surface area contributed by atoms with Crippen LogP contribution in [0.4, 0.5) is 0 Å². The van der Waals surface area contributed by atoms with Crippen molar-refractivity contribution >= 4 is 17.2 Å². The smallest absolute Gasteiger partial charge is 0.234 e. The Morgan fingerprint density at radius 1 is 1.62 bits per heavy atom. The number of likely N-dealkylation sites (tertiary alicyclic amines) is 1. The van der Waals surface area contributed by atoms with Gasteiger partial charge in [-0.2, -0.15) is 0 Å². The van der Waals surface area contributed by atoms with Crippen molar-refractivity contribution < 1.29 is 9.32 Å². The van der Waals surface area contributed by atoms with Crippen molar-refractivity contribution in [2.24, 2.45) is 0 Å². The molecule has 1 fully saturated rings. The second kappa shape index (κ2) is 6.41. The lowest BCUT2D eigenvalue weighted by molar-refractivity contribution is -0.122. The molecule has 0 bridgehead atoms. The maximum absolute atomic E-state index is 12.1. The maximum atomic E-state index is 12.1. The summed E-state index contributed by atoms with van der Waals surface area (Å²) in [5, 5.41) is 8.93. The van der Waals surface area contributed by atoms with Gasteiger partial charge in [-0.05, 0) is 37.8 Å². The van der Waals surface area contributed by atoms with Gasteiger partial charge in [0.25, 0.3) is 0 Å². The Bertz CT molecular complexity index is 594. The minimum atomic E-state index is 0.0616. The maximum Gasteiger partial charge on any atom is 0.234 e. The third-order valence-electron chi connectivity index (χ3n) is 3.72. The Morgan fingerprint density at radius 2 is 2.52 bits per heavy atom. The fourth-order valence-electron chi connectivity index (χ4n) is 2.72. The molecule has 112 valence electrons. The highest BCUT2D eigenvalue weighted by Gasteiger charge is 2.30. The Kier molecular flexibility index (Phi) is 4.36. The zero-order chi connectivity index (χ0) is 14.7. The van der Waals surface area contributed by atoms with Gasteiger partial charge in [-0.25, -0.2) is 0 Å². The van der Waals surface area contributed by atoms with Crippen LogP contribution < -0.4 is 5.32 Å². The summed E-state index contributed by atoms with van der Waals surface area (Å²) in [5.74, 6) is 0.933. The van der Waals surface area contributed by atoms with Crippen molar-refractivity contribution in [3.63, 3.8) is 0 Å². The lowest BCUT2D eigenvalue weighted by Crippen LogP contribution is -2.36. The van der Waals surface area contributed by atoms with E-state index in [9.17, 15) is 4.79 Å². The molecule has 0 radical (unpaired) electrons. The zero-order valence-corrected chi connectivity index (χ0v) is 12.9. The van der Waals surface area contributed by atoms with E-state index in [1.54, 1.807) is 11.3 Å². The minimum Gasteiger partial charge on any atom is -0.359 e. The van der Waals surface area contributed by atoms with Gasteiger partial charge in [-0.1, -0.05) is 11.2 Å². The van der Waals surface area contributed by atoms with Crippen LogP contribution in [0, 0.1) is 6.92 Å². The van der Waals surface area contributed by atoms with Crippen LogP contribution in [-0.4, -0.2) is 29.1 Å². The van der Waals surface area contributed by atoms with E-state index >= 15 is 0 Å². The van der Waals surface area contributed by atoms with E-state index in [1.165, 1.54) is 4.88 Å². The predicted molar refractivity (Wildman–Crippen MR) is 81.0 cm³/mol. The topological polar surface area (TPSA) is 58.4 Å². The first-order valence-corrected chi connectivity index (χ1v) is 8.06. The van der Waals surface area contributed by atoms with E-state index in [4.69, 9.17) is 4.52 Å². The molecule has 0 spiro atoms. The van der Waals surface area contributed by atoms with Crippen LogP contribution in [0.3, 0.4) is 0 Å². The van der Waals surface area contributed by atoms with Crippen molar-refractivity contribution in [3.8, 4) is 0 Å². The zero-order valence-electron chi connectivity index (χ0n) is 12.0. The predicted octanol–water partition coefficient (Wildman–Crippen LogP) is 2.50. The molecule has 5 nitrogen and oxygen atoms in total. The van der Waals surface area contributed by atoms with Crippen LogP contribution in [0.1, 0.15) is 35.2 Å². The molecular weight excluding hydrogens is 286 g/mol. The van der Waals surface area contributed by atoms with Crippen molar-refractivity contribution in [3.05, 3.63) is 39.9 Å². The molecule has 3 rings (SSSR count). The second-order valence-corrected chi connectivity index (χ2v) is 6.39. The number of carbonyl (C=O) groups excluding carboxylic acids is 1. The number of hydrogen-bond donors (Lipinski definition) is 1. The average molecular weight is 305 g/mol. The molecule has 1 unspecified atom stereocenters. The van der Waals surface area contributed by atoms with Gasteiger partial charge in [0.1, 0.15) is 0 Å². The van der Waals surface area contributed by atoms with E-state index in [0.29, 0.717) is 13.1 Å². The Morgan fingerprint density at radius 3 is 3.24 bits per heavy atom. The number of aromatic nitrogens is 1. The Balaban J connectivity index is 1.54. The summed E-state index contributed by atoms with van der Waals surface area (Å²) in [6.07, 6.45) is 2.11. The molecule has 2 aromatic rings. The molecule has 1 aliphatic heterocycles. The molecule has 2 aromatic heterocycles. The number of thiophene rings is 1. The highest BCUT2D eigenvalue weighted by Crippen LogP contribution is 2.31. The molecule has 1 amide bonds. The largest absolute Gasteiger partial charge is 0.359 e. The van der Waals surface area contributed by atoms with Crippen LogP contribution >= 0.6 is 11.3 Å². The van der Waals surface area contributed by atoms with Gasteiger partial charge < -0.3 is 9.84 Å². The minimum absolute atomic E-state index is 0.0616. The normalized spacial score (nSPS) is 19.0. The second-order valence-electron chi connectivity index (χ2n) is 5.36. The molecule has 0 aromatic carbocycles. The lowest BCUT2D eigenvalue weighted by atomic mass is 10.1. The number of carbonyl (C=O) groups is 1. The van der Waals surface area contributed by atoms with Gasteiger partial charge in [0.2, 0.25) is 5.91 Å². The van der Waals surface area contributed by atoms with E-state index < -0.39 is 0 Å². The van der Waals surface area contributed by atoms with E-state index in [0.717, 1.165) is 30.8 Å². The number of amides is 1. The molecule has 0 saturated carbocycles. The highest BCUT2D eigenvalue weighted by molar-refractivity contribution is 7.09. The van der Waals surface area contributed by atoms with Crippen LogP contribution in [0.15, 0.2) is 28.1 Å². The number of hydrogen-bond acceptors (Lipinski definition) is 5. The first-order chi connectivity index (χ1) is 10.2. The summed E-state index contributed by atoms with van der Waals surface area (Å²) < 4.78 is 5.36. The standard InChI is InChI=1S/C15H19N3O2S/c1-11-8-14(20-17-11)13-5-2-6-18(13)10-15(19)16-9-12-4-3-7-21-12/h3-4,7-8,13H,2,5-6,9-10H2,1H3,(H,16,19). The third kappa shape index (κ3) is 3.51. The quantitative estimate of drug-likeness (QED) is 0.922. The van der Waals surface area contributed by atoms with E-state index in [1.807, 2.05) is 30.5 Å². The third-order valence-corrected chi connectivity index (χ3v) is 4.60. The summed E-state index contributed by atoms with van der Waals surface area (Å²) in [7, 11) is 0. The number of nitrogens with one attached hydrogen (secondary N) is 1. The average Bonchev–Trinajstić information content (AvgIpc) is 3.17. The molecule has 0 aliphatic carbocycles. The number of rotatable bonds is 5. The Hall–Kier alpha value is -1.66. The summed E-state index contributed by atoms with van der Waals surface area (Å²) in [6.45, 7) is 3.86. The van der Waals surface area contributed by atoms with Gasteiger partial charge in [-0.15, -0.1) is 11.3 Å². The fraction of sp³-hybridized carbons (Fsp3) is 0.467. The summed E-state index contributed by atoms with van der Waals surface area (Å²) in [6, 6.07) is 6.17. The Labute approximate surface area is 127 Å². The van der Waals surface area contributed by atoms with Gasteiger partial charge in [0.15, 0.2) is 5.76 Å². The summed E-state index contributed by atoms with van der Waals surface area (Å²) >= 11 is 1.66. The molecule has 1 N–H and O–H groups in total. The number of nitrogens with zero attached hydrogens (tertiary/aromatic N) is 2. The SMILES string of the molecule is Cc1cc(C2CCCN2CC(=O)NCc2cccs2)on1. The molecule has 6 heteroatoms. The first kappa shape index (κ1) is 14.3. The summed E-state index contributed by atoms with van der Waals surface area (Å²) in [5.41, 5.74) is 0.888. The van der Waals surface area contributed by atoms with Crippen molar-refractivity contribution in [1.82, 2.24) is 15.4 Å². The summed E-state index contributed by atoms with van der Waals surface area (Å²) in [4.78, 5) is 15.4. The monoisotopic (exact) mass is 305 g/mol. The first-order valence-electron chi connectivity index (χ1n) is 7.19. The van der Waals surface area contributed by atoms with Gasteiger partial charge in [0.05, 0.1) is 24.8 Å². The fourth-order valence-corrected chi connectivity index (χ4v) is 3.36. The van der Waals surface area contributed by atoms with Crippen molar-refractivity contribution in [2.45, 2.75) is 32.4 Å². The number of aryl methyl sites for hydroxylation is 1. The van der Waals surface area contributed by atoms with Crippen LogP contribution in [0.2, 0.25) is 0 Å². The lowest BCUT2D eigenvalue weighted by Gasteiger charge is -2.21. The van der Waals surface area contributed by atoms with Crippen LogP contribution in [-0.2, 0) is 11.3 Å². The van der Waals surface area contributed by atoms with Gasteiger partial charge >= 0.3 is 0 Å². The van der Waals surface area contributed by atoms with E-state index in [2.05, 4.69) is 15.4 Å². The molecule has 1 saturated heterocycles. The van der Waals surface area contributed by atoms with Gasteiger partial charge in [-0.3, -0.25) is 9.69 Å². The molecule has 1 aliphatic rings. The molecule has 1 atom stereocenters. The van der Waals surface area contributed by atoms with Gasteiger partial charge in [0, 0.05) is 10.9 Å². The van der Waals surface area contributed by atoms with Crippen molar-refractivity contribution in [1.29, 1.82) is 0 Å². The van der Waals surface area contributed by atoms with Crippen LogP contribution in [0.25, 0.3) is 0 Å². The van der Waals surface area contributed by atoms with E-state index in [-0.39, 0.29) is 11.9 Å². The highest BCUT2D eigenvalue weighted by atomic mass is 32.1. The van der Waals surface area contributed by atoms with Crippen LogP contribution in [0.5, 0.6) is 0 Å². The molecule has 21 heavy (non-hydrogen) atoms.